The summed E-state index contributed by atoms with van der Waals surface area (Å²) in [5.74, 6) is -2.64. The molecule has 1 unspecified atom stereocenters. The van der Waals surface area contributed by atoms with Gasteiger partial charge in [-0.3, -0.25) is 4.79 Å². The number of nitrogens with zero attached hydrogens (tertiary/aromatic N) is 1. The Morgan fingerprint density at radius 2 is 1.87 bits per heavy atom. The third-order valence-corrected chi connectivity index (χ3v) is 6.67. The van der Waals surface area contributed by atoms with Crippen molar-refractivity contribution in [3.05, 3.63) is 101 Å². The second-order valence-corrected chi connectivity index (χ2v) is 9.45. The highest BCUT2D eigenvalue weighted by Gasteiger charge is 2.29. The van der Waals surface area contributed by atoms with E-state index in [1.165, 1.54) is 43.5 Å². The van der Waals surface area contributed by atoms with Gasteiger partial charge < -0.3 is 24.9 Å². The first-order valence-corrected chi connectivity index (χ1v) is 12.1. The van der Waals surface area contributed by atoms with Crippen LogP contribution in [0.15, 0.2) is 60.9 Å². The van der Waals surface area contributed by atoms with Gasteiger partial charge in [0, 0.05) is 35.2 Å². The van der Waals surface area contributed by atoms with Crippen molar-refractivity contribution in [1.29, 1.82) is 0 Å². The zero-order chi connectivity index (χ0) is 27.9. The lowest BCUT2D eigenvalue weighted by atomic mass is 9.91. The van der Waals surface area contributed by atoms with Crippen LogP contribution in [0.4, 0.5) is 13.2 Å². The lowest BCUT2D eigenvalue weighted by Crippen LogP contribution is -2.24. The van der Waals surface area contributed by atoms with Crippen molar-refractivity contribution in [2.75, 3.05) is 0 Å². The Kier molecular flexibility index (Phi) is 6.65. The van der Waals surface area contributed by atoms with E-state index in [1.54, 1.807) is 19.2 Å². The summed E-state index contributed by atoms with van der Waals surface area (Å²) in [6, 6.07) is 10.9. The Morgan fingerprint density at radius 1 is 1.08 bits per heavy atom. The number of H-pyrrole nitrogens is 2. The number of aliphatic carboxylic acids is 1. The van der Waals surface area contributed by atoms with Gasteiger partial charge >= 0.3 is 5.97 Å². The second-order valence-electron chi connectivity index (χ2n) is 9.45. The molecule has 0 fully saturated rings. The predicted octanol–water partition coefficient (Wildman–Crippen LogP) is 6.35. The van der Waals surface area contributed by atoms with Crippen LogP contribution in [-0.2, 0) is 16.8 Å². The smallest absolute Gasteiger partial charge is 0.303 e. The number of fused-ring (bicyclic) bond motifs is 1. The molecule has 0 saturated heterocycles. The molecule has 4 N–H and O–H groups in total. The summed E-state index contributed by atoms with van der Waals surface area (Å²) in [5, 5.41) is 21.0. The fourth-order valence-electron chi connectivity index (χ4n) is 4.50. The number of ether oxygens (including phenoxy) is 1. The van der Waals surface area contributed by atoms with Gasteiger partial charge in [-0.1, -0.05) is 6.07 Å². The van der Waals surface area contributed by atoms with Crippen molar-refractivity contribution in [3.63, 3.8) is 0 Å². The van der Waals surface area contributed by atoms with Crippen molar-refractivity contribution in [2.24, 2.45) is 0 Å². The predicted molar refractivity (Wildman–Crippen MR) is 138 cm³/mol. The third-order valence-electron chi connectivity index (χ3n) is 6.67. The SMILES string of the molecule is Cc1c(Oc2ccc(F)c(-c3ncc(C(C)(O)c4cc(F)cc(CCC(=O)O)c4)[nH]3)c2)c(F)cc2[nH]ccc12. The molecule has 0 aliphatic rings. The van der Waals surface area contributed by atoms with Gasteiger partial charge in [0.2, 0.25) is 0 Å². The van der Waals surface area contributed by atoms with E-state index in [4.69, 9.17) is 9.84 Å². The first kappa shape index (κ1) is 26.1. The monoisotopic (exact) mass is 535 g/mol. The molecule has 0 aliphatic heterocycles. The lowest BCUT2D eigenvalue weighted by Gasteiger charge is -2.23. The van der Waals surface area contributed by atoms with E-state index in [2.05, 4.69) is 15.0 Å². The van der Waals surface area contributed by atoms with Crippen LogP contribution in [0.1, 0.15) is 35.7 Å². The van der Waals surface area contributed by atoms with Crippen LogP contribution >= 0.6 is 0 Å². The standard InChI is InChI=1S/C29H24F3N3O4/c1-15-20-7-8-33-24(20)13-23(32)27(15)39-19-4-5-22(31)21(12-19)28-34-14-25(35-28)29(2,38)17-9-16(3-6-26(36)37)10-18(30)11-17/h4-5,7-14,33,38H,3,6H2,1-2H3,(H,34,35)(H,36,37). The topological polar surface area (TPSA) is 111 Å². The molecule has 0 bridgehead atoms. The van der Waals surface area contributed by atoms with Gasteiger partial charge in [-0.25, -0.2) is 18.2 Å². The molecule has 0 saturated carbocycles. The first-order valence-electron chi connectivity index (χ1n) is 12.1. The van der Waals surface area contributed by atoms with Crippen LogP contribution in [-0.4, -0.2) is 31.1 Å². The summed E-state index contributed by atoms with van der Waals surface area (Å²) in [7, 11) is 0. The number of carbonyl (C=O) groups is 1. The summed E-state index contributed by atoms with van der Waals surface area (Å²) in [5.41, 5.74) is 0.174. The van der Waals surface area contributed by atoms with E-state index < -0.39 is 29.0 Å². The molecule has 0 radical (unpaired) electrons. The summed E-state index contributed by atoms with van der Waals surface area (Å²) >= 11 is 0. The number of rotatable bonds is 8. The van der Waals surface area contributed by atoms with Crippen LogP contribution in [0.2, 0.25) is 0 Å². The Labute approximate surface area is 220 Å². The highest BCUT2D eigenvalue weighted by atomic mass is 19.1. The second kappa shape index (κ2) is 9.95. The van der Waals surface area contributed by atoms with Gasteiger partial charge in [0.1, 0.15) is 28.8 Å². The van der Waals surface area contributed by atoms with Crippen LogP contribution in [0, 0.1) is 24.4 Å². The van der Waals surface area contributed by atoms with E-state index in [1.807, 2.05) is 0 Å². The molecule has 7 nitrogen and oxygen atoms in total. The molecule has 2 heterocycles. The third kappa shape index (κ3) is 5.10. The van der Waals surface area contributed by atoms with E-state index in [-0.39, 0.29) is 47.0 Å². The fraction of sp³-hybridized carbons (Fsp3) is 0.172. The van der Waals surface area contributed by atoms with Crippen LogP contribution in [0.25, 0.3) is 22.3 Å². The summed E-state index contributed by atoms with van der Waals surface area (Å²) in [6.45, 7) is 3.14. The number of aryl methyl sites for hydroxylation is 2. The molecule has 5 aromatic rings. The van der Waals surface area contributed by atoms with Gasteiger partial charge in [0.15, 0.2) is 11.6 Å². The van der Waals surface area contributed by atoms with Crippen molar-refractivity contribution < 1.29 is 32.9 Å². The maximum atomic E-state index is 14.9. The number of carboxylic acid groups (broad SMARTS) is 1. The first-order chi connectivity index (χ1) is 18.5. The average molecular weight is 536 g/mol. The fourth-order valence-corrected chi connectivity index (χ4v) is 4.50. The number of imidazole rings is 1. The van der Waals surface area contributed by atoms with Crippen LogP contribution < -0.4 is 4.74 Å². The molecule has 200 valence electrons. The van der Waals surface area contributed by atoms with Gasteiger partial charge in [-0.05, 0) is 67.8 Å². The average Bonchev–Trinajstić information content (AvgIpc) is 3.56. The zero-order valence-corrected chi connectivity index (χ0v) is 21.0. The van der Waals surface area contributed by atoms with Crippen molar-refractivity contribution >= 4 is 16.9 Å². The molecule has 2 aromatic heterocycles. The maximum Gasteiger partial charge on any atom is 0.303 e. The minimum Gasteiger partial charge on any atom is -0.481 e. The molecule has 10 heteroatoms. The summed E-state index contributed by atoms with van der Waals surface area (Å²) in [4.78, 5) is 20.9. The van der Waals surface area contributed by atoms with Crippen molar-refractivity contribution in [2.45, 2.75) is 32.3 Å². The van der Waals surface area contributed by atoms with Crippen LogP contribution in [0.3, 0.4) is 0 Å². The number of aromatic nitrogens is 3. The van der Waals surface area contributed by atoms with Gasteiger partial charge in [-0.2, -0.15) is 0 Å². The molecule has 1 atom stereocenters. The Morgan fingerprint density at radius 3 is 2.64 bits per heavy atom. The number of benzene rings is 3. The number of aliphatic hydroxyl groups is 1. The lowest BCUT2D eigenvalue weighted by molar-refractivity contribution is -0.136. The number of hydrogen-bond acceptors (Lipinski definition) is 4. The molecule has 39 heavy (non-hydrogen) atoms. The van der Waals surface area contributed by atoms with Gasteiger partial charge in [0.25, 0.3) is 0 Å². The number of aromatic amines is 2. The molecule has 0 aliphatic carbocycles. The highest BCUT2D eigenvalue weighted by Crippen LogP contribution is 2.36. The molecule has 5 rings (SSSR count). The highest BCUT2D eigenvalue weighted by molar-refractivity contribution is 5.85. The minimum atomic E-state index is -1.76. The maximum absolute atomic E-state index is 14.9. The largest absolute Gasteiger partial charge is 0.481 e. The van der Waals surface area contributed by atoms with Gasteiger partial charge in [-0.15, -0.1) is 0 Å². The van der Waals surface area contributed by atoms with Gasteiger partial charge in [0.05, 0.1) is 17.5 Å². The molecular weight excluding hydrogens is 511 g/mol. The van der Waals surface area contributed by atoms with Crippen LogP contribution in [0.5, 0.6) is 11.5 Å². The van der Waals surface area contributed by atoms with E-state index in [0.717, 1.165) is 17.5 Å². The van der Waals surface area contributed by atoms with E-state index >= 15 is 0 Å². The van der Waals surface area contributed by atoms with Crippen molar-refractivity contribution in [1.82, 2.24) is 15.0 Å². The molecule has 0 amide bonds. The molecular formula is C29H24F3N3O4. The Balaban J connectivity index is 1.45. The number of halogens is 3. The summed E-state index contributed by atoms with van der Waals surface area (Å²) < 4.78 is 49.7. The number of hydrogen-bond donors (Lipinski definition) is 4. The minimum absolute atomic E-state index is 0.00697. The number of carboxylic acids is 1. The van der Waals surface area contributed by atoms with E-state index in [0.29, 0.717) is 16.6 Å². The zero-order valence-electron chi connectivity index (χ0n) is 21.0. The molecule has 3 aromatic carbocycles. The normalized spacial score (nSPS) is 13.0. The quantitative estimate of drug-likeness (QED) is 0.185. The van der Waals surface area contributed by atoms with E-state index in [9.17, 15) is 23.1 Å². The Hall–Kier alpha value is -4.57. The Bertz CT molecular complexity index is 1710. The summed E-state index contributed by atoms with van der Waals surface area (Å²) in [6.07, 6.45) is 2.88. The number of nitrogens with one attached hydrogen (secondary N) is 2. The molecule has 0 spiro atoms. The van der Waals surface area contributed by atoms with Crippen molar-refractivity contribution in [3.8, 4) is 22.9 Å².